The molecule has 2 aromatic rings. The summed E-state index contributed by atoms with van der Waals surface area (Å²) in [5.41, 5.74) is 5.81. The Morgan fingerprint density at radius 2 is 1.96 bits per heavy atom. The Balaban J connectivity index is 2.09. The average Bonchev–Trinajstić information content (AvgIpc) is 2.91. The van der Waals surface area contributed by atoms with Crippen molar-refractivity contribution in [1.82, 2.24) is 9.78 Å². The Hall–Kier alpha value is -2.84. The minimum atomic E-state index is -4.29. The molecule has 0 unspecified atom stereocenters. The maximum Gasteiger partial charge on any atom is 0.389 e. The molecule has 1 heterocycles. The van der Waals surface area contributed by atoms with Gasteiger partial charge in [-0.2, -0.15) is 18.3 Å². The second-order valence-corrected chi connectivity index (χ2v) is 5.12. The minimum absolute atomic E-state index is 0.141. The molecule has 0 aliphatic heterocycles. The number of halogens is 3. The third kappa shape index (κ3) is 5.11. The summed E-state index contributed by atoms with van der Waals surface area (Å²) in [7, 11) is 0. The molecule has 0 saturated carbocycles. The van der Waals surface area contributed by atoms with E-state index in [1.807, 2.05) is 0 Å². The smallest absolute Gasteiger partial charge is 0.368 e. The lowest BCUT2D eigenvalue weighted by molar-refractivity contribution is -0.134. The van der Waals surface area contributed by atoms with E-state index in [9.17, 15) is 22.8 Å². The number of amides is 2. The normalized spacial score (nSPS) is 11.3. The van der Waals surface area contributed by atoms with Crippen LogP contribution in [0.25, 0.3) is 0 Å². The number of alkyl halides is 3. The number of carbonyl (C=O) groups is 2. The zero-order valence-corrected chi connectivity index (χ0v) is 12.5. The SMILES string of the molecule is NC(=O)Cn1cc(NC(=O)c2ccccc2CCC(F)(F)F)cn1. The molecule has 0 fully saturated rings. The number of primary amides is 1. The van der Waals surface area contributed by atoms with Crippen molar-refractivity contribution < 1.29 is 22.8 Å². The molecule has 6 nitrogen and oxygen atoms in total. The molecule has 0 radical (unpaired) electrons. The van der Waals surface area contributed by atoms with E-state index in [2.05, 4.69) is 10.4 Å². The largest absolute Gasteiger partial charge is 0.389 e. The number of aryl methyl sites for hydroxylation is 1. The number of hydrogen-bond donors (Lipinski definition) is 2. The van der Waals surface area contributed by atoms with Crippen LogP contribution in [0.3, 0.4) is 0 Å². The van der Waals surface area contributed by atoms with Gasteiger partial charge in [0.05, 0.1) is 11.9 Å². The van der Waals surface area contributed by atoms with Gasteiger partial charge in [-0.15, -0.1) is 0 Å². The summed E-state index contributed by atoms with van der Waals surface area (Å²) in [6.07, 6.45) is -2.86. The van der Waals surface area contributed by atoms with Crippen molar-refractivity contribution in [2.24, 2.45) is 5.73 Å². The first-order valence-electron chi connectivity index (χ1n) is 7.01. The highest BCUT2D eigenvalue weighted by molar-refractivity contribution is 6.05. The van der Waals surface area contributed by atoms with Gasteiger partial charge in [-0.25, -0.2) is 0 Å². The maximum atomic E-state index is 12.4. The number of carbonyl (C=O) groups excluding carboxylic acids is 2. The first kappa shape index (κ1) is 17.5. The fraction of sp³-hybridized carbons (Fsp3) is 0.267. The van der Waals surface area contributed by atoms with Gasteiger partial charge in [-0.3, -0.25) is 14.3 Å². The van der Waals surface area contributed by atoms with Crippen LogP contribution in [0.5, 0.6) is 0 Å². The monoisotopic (exact) mass is 340 g/mol. The number of nitrogens with two attached hydrogens (primary N) is 1. The molecule has 0 spiro atoms. The standard InChI is InChI=1S/C15H15F3N4O2/c16-15(17,18)6-5-10-3-1-2-4-12(10)14(24)21-11-7-20-22(8-11)9-13(19)23/h1-4,7-8H,5-6,9H2,(H2,19,23)(H,21,24). The molecule has 0 saturated heterocycles. The molecule has 9 heteroatoms. The fourth-order valence-electron chi connectivity index (χ4n) is 2.11. The number of anilines is 1. The molecule has 1 aromatic carbocycles. The quantitative estimate of drug-likeness (QED) is 0.844. The maximum absolute atomic E-state index is 12.4. The second-order valence-electron chi connectivity index (χ2n) is 5.12. The number of aromatic nitrogens is 2. The molecule has 24 heavy (non-hydrogen) atoms. The van der Waals surface area contributed by atoms with Crippen LogP contribution in [-0.2, 0) is 17.8 Å². The van der Waals surface area contributed by atoms with Crippen LogP contribution in [0.1, 0.15) is 22.3 Å². The van der Waals surface area contributed by atoms with Gasteiger partial charge in [0.15, 0.2) is 0 Å². The molecule has 1 aromatic heterocycles. The third-order valence-corrected chi connectivity index (χ3v) is 3.15. The summed E-state index contributed by atoms with van der Waals surface area (Å²) in [6.45, 7) is -0.141. The summed E-state index contributed by atoms with van der Waals surface area (Å²) in [5, 5.41) is 6.38. The molecule has 3 N–H and O–H groups in total. The van der Waals surface area contributed by atoms with Crippen molar-refractivity contribution in [3.8, 4) is 0 Å². The molecular formula is C15H15F3N4O2. The van der Waals surface area contributed by atoms with E-state index in [1.165, 1.54) is 29.2 Å². The molecule has 2 rings (SSSR count). The first-order valence-corrected chi connectivity index (χ1v) is 7.01. The second kappa shape index (κ2) is 7.16. The van der Waals surface area contributed by atoms with E-state index in [1.54, 1.807) is 12.1 Å². The Morgan fingerprint density at radius 3 is 2.62 bits per heavy atom. The molecule has 0 aliphatic rings. The van der Waals surface area contributed by atoms with Crippen molar-refractivity contribution in [1.29, 1.82) is 0 Å². The van der Waals surface area contributed by atoms with E-state index >= 15 is 0 Å². The summed E-state index contributed by atoms with van der Waals surface area (Å²) in [4.78, 5) is 23.1. The number of benzene rings is 1. The highest BCUT2D eigenvalue weighted by Gasteiger charge is 2.27. The highest BCUT2D eigenvalue weighted by atomic mass is 19.4. The fourth-order valence-corrected chi connectivity index (χ4v) is 2.11. The van der Waals surface area contributed by atoms with E-state index in [4.69, 9.17) is 5.73 Å². The van der Waals surface area contributed by atoms with Gasteiger partial charge in [0.25, 0.3) is 5.91 Å². The molecule has 2 amide bonds. The number of nitrogens with one attached hydrogen (secondary N) is 1. The molecule has 0 atom stereocenters. The van der Waals surface area contributed by atoms with Gasteiger partial charge in [0.1, 0.15) is 6.54 Å². The van der Waals surface area contributed by atoms with Crippen molar-refractivity contribution in [3.63, 3.8) is 0 Å². The molecule has 0 bridgehead atoms. The van der Waals surface area contributed by atoms with Crippen LogP contribution < -0.4 is 11.1 Å². The predicted octanol–water partition coefficient (Wildman–Crippen LogP) is 2.12. The van der Waals surface area contributed by atoms with E-state index in [0.29, 0.717) is 11.3 Å². The summed E-state index contributed by atoms with van der Waals surface area (Å²) in [5.74, 6) is -1.14. The van der Waals surface area contributed by atoms with Gasteiger partial charge < -0.3 is 11.1 Å². The van der Waals surface area contributed by atoms with E-state index in [0.717, 1.165) is 0 Å². The topological polar surface area (TPSA) is 90.0 Å². The zero-order valence-electron chi connectivity index (χ0n) is 12.5. The number of rotatable bonds is 6. The Morgan fingerprint density at radius 1 is 1.25 bits per heavy atom. The molecule has 0 aliphatic carbocycles. The van der Waals surface area contributed by atoms with Crippen LogP contribution >= 0.6 is 0 Å². The Labute approximate surface area is 135 Å². The Bertz CT molecular complexity index is 740. The van der Waals surface area contributed by atoms with Gasteiger partial charge in [-0.05, 0) is 18.1 Å². The predicted molar refractivity (Wildman–Crippen MR) is 80.2 cm³/mol. The van der Waals surface area contributed by atoms with Crippen LogP contribution in [-0.4, -0.2) is 27.8 Å². The molecule has 128 valence electrons. The summed E-state index contributed by atoms with van der Waals surface area (Å²) < 4.78 is 38.4. The van der Waals surface area contributed by atoms with Gasteiger partial charge >= 0.3 is 6.18 Å². The van der Waals surface area contributed by atoms with E-state index in [-0.39, 0.29) is 18.5 Å². The lowest BCUT2D eigenvalue weighted by atomic mass is 10.0. The van der Waals surface area contributed by atoms with Gasteiger partial charge in [-0.1, -0.05) is 18.2 Å². The van der Waals surface area contributed by atoms with Crippen molar-refractivity contribution in [3.05, 3.63) is 47.8 Å². The average molecular weight is 340 g/mol. The van der Waals surface area contributed by atoms with Gasteiger partial charge in [0.2, 0.25) is 5.91 Å². The molecular weight excluding hydrogens is 325 g/mol. The third-order valence-electron chi connectivity index (χ3n) is 3.15. The van der Waals surface area contributed by atoms with Crippen LogP contribution in [0.4, 0.5) is 18.9 Å². The minimum Gasteiger partial charge on any atom is -0.368 e. The zero-order chi connectivity index (χ0) is 17.7. The summed E-state index contributed by atoms with van der Waals surface area (Å²) in [6, 6.07) is 6.09. The van der Waals surface area contributed by atoms with Crippen LogP contribution in [0.2, 0.25) is 0 Å². The van der Waals surface area contributed by atoms with Crippen molar-refractivity contribution >= 4 is 17.5 Å². The number of hydrogen-bond acceptors (Lipinski definition) is 3. The first-order chi connectivity index (χ1) is 11.2. The van der Waals surface area contributed by atoms with Crippen LogP contribution in [0.15, 0.2) is 36.7 Å². The van der Waals surface area contributed by atoms with Crippen molar-refractivity contribution in [2.75, 3.05) is 5.32 Å². The van der Waals surface area contributed by atoms with Crippen LogP contribution in [0, 0.1) is 0 Å². The Kier molecular flexibility index (Phi) is 5.22. The summed E-state index contributed by atoms with van der Waals surface area (Å²) >= 11 is 0. The lowest BCUT2D eigenvalue weighted by Gasteiger charge is -2.10. The lowest BCUT2D eigenvalue weighted by Crippen LogP contribution is -2.19. The van der Waals surface area contributed by atoms with Crippen molar-refractivity contribution in [2.45, 2.75) is 25.6 Å². The van der Waals surface area contributed by atoms with E-state index < -0.39 is 24.4 Å². The highest BCUT2D eigenvalue weighted by Crippen LogP contribution is 2.23. The van der Waals surface area contributed by atoms with Gasteiger partial charge in [0, 0.05) is 18.2 Å². The number of nitrogens with zero attached hydrogens (tertiary/aromatic N) is 2.